The van der Waals surface area contributed by atoms with Crippen molar-refractivity contribution in [1.82, 2.24) is 15.1 Å². The van der Waals surface area contributed by atoms with Gasteiger partial charge in [0.2, 0.25) is 0 Å². The predicted molar refractivity (Wildman–Crippen MR) is 147 cm³/mol. The Morgan fingerprint density at radius 1 is 1.12 bits per heavy atom. The second kappa shape index (κ2) is 12.8. The molecular formula is C28H34F2N4O5S. The zero-order valence-electron chi connectivity index (χ0n) is 22.7. The summed E-state index contributed by atoms with van der Waals surface area (Å²) in [5.41, 5.74) is 1.96. The van der Waals surface area contributed by atoms with Crippen LogP contribution in [-0.2, 0) is 21.1 Å². The van der Waals surface area contributed by atoms with Crippen LogP contribution in [0.25, 0.3) is 0 Å². The summed E-state index contributed by atoms with van der Waals surface area (Å²) in [4.78, 5) is 15.1. The molecule has 1 aromatic heterocycles. The fourth-order valence-electron chi connectivity index (χ4n) is 4.69. The maximum absolute atomic E-state index is 12.9. The van der Waals surface area contributed by atoms with E-state index >= 15 is 0 Å². The van der Waals surface area contributed by atoms with Gasteiger partial charge in [0.15, 0.2) is 15.6 Å². The Balaban J connectivity index is 1.41. The van der Waals surface area contributed by atoms with E-state index < -0.39 is 16.4 Å². The molecule has 4 rings (SSSR count). The van der Waals surface area contributed by atoms with Crippen molar-refractivity contribution in [2.24, 2.45) is 0 Å². The van der Waals surface area contributed by atoms with Crippen molar-refractivity contribution in [1.29, 1.82) is 0 Å². The highest BCUT2D eigenvalue weighted by Gasteiger charge is 2.34. The lowest BCUT2D eigenvalue weighted by molar-refractivity contribution is -0.131. The molecule has 2 aromatic carbocycles. The van der Waals surface area contributed by atoms with Crippen LogP contribution in [0, 0.1) is 0 Å². The second-order valence-corrected chi connectivity index (χ2v) is 11.9. The van der Waals surface area contributed by atoms with E-state index in [2.05, 4.69) is 15.2 Å². The fraction of sp³-hybridized carbons (Fsp3) is 0.429. The Kier molecular flexibility index (Phi) is 9.41. The van der Waals surface area contributed by atoms with Gasteiger partial charge in [0.25, 0.3) is 5.91 Å². The number of carbonyl (C=O) groups excluding carboxylic acids is 1. The molecule has 12 heteroatoms. The molecule has 9 nitrogen and oxygen atoms in total. The van der Waals surface area contributed by atoms with E-state index in [4.69, 9.17) is 4.74 Å². The van der Waals surface area contributed by atoms with E-state index in [9.17, 15) is 22.0 Å². The highest BCUT2D eigenvalue weighted by atomic mass is 32.2. The van der Waals surface area contributed by atoms with Crippen LogP contribution < -0.4 is 15.0 Å². The molecule has 1 fully saturated rings. The molecule has 0 saturated carbocycles. The van der Waals surface area contributed by atoms with E-state index in [0.29, 0.717) is 30.8 Å². The van der Waals surface area contributed by atoms with E-state index in [1.807, 2.05) is 18.7 Å². The topological polar surface area (TPSA) is 103 Å². The molecule has 3 aromatic rings. The van der Waals surface area contributed by atoms with E-state index in [-0.39, 0.29) is 41.4 Å². The quantitative estimate of drug-likeness (QED) is 0.340. The number of nitrogens with zero attached hydrogens (tertiary/aromatic N) is 3. The van der Waals surface area contributed by atoms with Crippen molar-refractivity contribution in [3.63, 3.8) is 0 Å². The molecule has 2 heterocycles. The lowest BCUT2D eigenvalue weighted by atomic mass is 10.1. The van der Waals surface area contributed by atoms with Gasteiger partial charge in [0.1, 0.15) is 6.10 Å². The maximum Gasteiger partial charge on any atom is 0.345 e. The third-order valence-electron chi connectivity index (χ3n) is 6.95. The highest BCUT2D eigenvalue weighted by molar-refractivity contribution is 7.91. The van der Waals surface area contributed by atoms with Gasteiger partial charge in [-0.05, 0) is 55.8 Å². The number of aryl methyl sites for hydroxylation is 1. The number of nitrogens with one attached hydrogen (secondary N) is 1. The normalized spacial score (nSPS) is 18.2. The first-order valence-electron chi connectivity index (χ1n) is 13.2. The smallest absolute Gasteiger partial charge is 0.345 e. The van der Waals surface area contributed by atoms with E-state index in [1.165, 1.54) is 0 Å². The molecule has 1 aliphatic rings. The third kappa shape index (κ3) is 7.16. The molecule has 40 heavy (non-hydrogen) atoms. The Bertz CT molecular complexity index is 1380. The SMILES string of the molecule is CCn1cc(O[C@H]2C[C@@H](COC(F)F)N(c3ccc(C(=O)N[C@@H](C)c4ccc(S(=O)(=O)CC)cc4)cc3)C2)cn1. The Hall–Kier alpha value is -3.51. The van der Waals surface area contributed by atoms with Gasteiger partial charge in [-0.1, -0.05) is 19.1 Å². The van der Waals surface area contributed by atoms with Crippen LogP contribution in [0.5, 0.6) is 5.75 Å². The monoisotopic (exact) mass is 576 g/mol. The van der Waals surface area contributed by atoms with Crippen LogP contribution in [0.15, 0.2) is 65.8 Å². The average Bonchev–Trinajstić information content (AvgIpc) is 3.58. The Labute approximate surface area is 233 Å². The zero-order valence-corrected chi connectivity index (χ0v) is 23.5. The molecule has 1 N–H and O–H groups in total. The summed E-state index contributed by atoms with van der Waals surface area (Å²) in [6, 6.07) is 12.7. The predicted octanol–water partition coefficient (Wildman–Crippen LogP) is 4.45. The van der Waals surface area contributed by atoms with Crippen molar-refractivity contribution in [3.8, 4) is 5.75 Å². The standard InChI is InChI=1S/C28H34F2N4O5S/c1-4-33-16-25(15-31-33)39-24-14-23(18-38-28(29)30)34(17-24)22-10-6-21(7-11-22)27(35)32-19(3)20-8-12-26(13-9-20)40(36,37)5-2/h6-13,15-16,19,23-24,28H,4-5,14,17-18H2,1-3H3,(H,32,35)/t19-,23-,24-/m0/s1. The number of ether oxygens (including phenoxy) is 2. The Morgan fingerprint density at radius 3 is 2.42 bits per heavy atom. The van der Waals surface area contributed by atoms with Gasteiger partial charge in [-0.15, -0.1) is 0 Å². The molecule has 1 amide bonds. The van der Waals surface area contributed by atoms with Crippen molar-refractivity contribution < 1.29 is 31.5 Å². The Morgan fingerprint density at radius 2 is 1.82 bits per heavy atom. The number of alkyl halides is 2. The average molecular weight is 577 g/mol. The lowest BCUT2D eigenvalue weighted by Gasteiger charge is -2.26. The van der Waals surface area contributed by atoms with Gasteiger partial charge in [-0.3, -0.25) is 9.48 Å². The molecule has 0 aliphatic carbocycles. The molecule has 216 valence electrons. The lowest BCUT2D eigenvalue weighted by Crippen LogP contribution is -2.34. The number of anilines is 1. The molecule has 0 radical (unpaired) electrons. The van der Waals surface area contributed by atoms with Gasteiger partial charge >= 0.3 is 6.61 Å². The number of sulfone groups is 1. The summed E-state index contributed by atoms with van der Waals surface area (Å²) in [5, 5.41) is 7.13. The van der Waals surface area contributed by atoms with Crippen LogP contribution in [-0.4, -0.2) is 61.8 Å². The fourth-order valence-corrected chi connectivity index (χ4v) is 5.57. The minimum atomic E-state index is -3.30. The van der Waals surface area contributed by atoms with Crippen molar-refractivity contribution in [3.05, 3.63) is 72.1 Å². The van der Waals surface area contributed by atoms with Crippen LogP contribution in [0.1, 0.15) is 49.2 Å². The minimum absolute atomic E-state index is 0.0182. The summed E-state index contributed by atoms with van der Waals surface area (Å²) < 4.78 is 62.1. The summed E-state index contributed by atoms with van der Waals surface area (Å²) in [6.45, 7) is 3.51. The van der Waals surface area contributed by atoms with Crippen LogP contribution in [0.4, 0.5) is 14.5 Å². The summed E-state index contributed by atoms with van der Waals surface area (Å²) in [5.74, 6) is 0.340. The van der Waals surface area contributed by atoms with Crippen molar-refractivity contribution in [2.45, 2.75) is 63.4 Å². The van der Waals surface area contributed by atoms with Crippen molar-refractivity contribution in [2.75, 3.05) is 23.8 Å². The number of aromatic nitrogens is 2. The number of hydrogen-bond donors (Lipinski definition) is 1. The van der Waals surface area contributed by atoms with E-state index in [0.717, 1.165) is 11.3 Å². The van der Waals surface area contributed by atoms with Crippen molar-refractivity contribution >= 4 is 21.4 Å². The summed E-state index contributed by atoms with van der Waals surface area (Å²) >= 11 is 0. The highest BCUT2D eigenvalue weighted by Crippen LogP contribution is 2.29. The zero-order chi connectivity index (χ0) is 28.9. The van der Waals surface area contributed by atoms with Crippen LogP contribution >= 0.6 is 0 Å². The first kappa shape index (κ1) is 29.5. The maximum atomic E-state index is 12.9. The molecule has 1 aliphatic heterocycles. The number of rotatable bonds is 12. The number of hydrogen-bond acceptors (Lipinski definition) is 7. The molecule has 0 spiro atoms. The molecule has 3 atom stereocenters. The molecule has 0 bridgehead atoms. The van der Waals surface area contributed by atoms with Gasteiger partial charge in [-0.2, -0.15) is 13.9 Å². The molecular weight excluding hydrogens is 542 g/mol. The van der Waals surface area contributed by atoms with Gasteiger partial charge in [-0.25, -0.2) is 8.42 Å². The van der Waals surface area contributed by atoms with Gasteiger partial charge < -0.3 is 19.7 Å². The van der Waals surface area contributed by atoms with E-state index in [1.54, 1.807) is 72.5 Å². The second-order valence-electron chi connectivity index (χ2n) is 9.62. The summed E-state index contributed by atoms with van der Waals surface area (Å²) in [7, 11) is -3.30. The van der Waals surface area contributed by atoms with Crippen LogP contribution in [0.3, 0.4) is 0 Å². The number of carbonyl (C=O) groups is 1. The van der Waals surface area contributed by atoms with Gasteiger partial charge in [0.05, 0.1) is 48.3 Å². The van der Waals surface area contributed by atoms with Crippen LogP contribution in [0.2, 0.25) is 0 Å². The first-order valence-corrected chi connectivity index (χ1v) is 14.8. The number of benzene rings is 2. The molecule has 0 unspecified atom stereocenters. The number of amides is 1. The summed E-state index contributed by atoms with van der Waals surface area (Å²) in [6.07, 6.45) is 3.67. The number of halogens is 2. The minimum Gasteiger partial charge on any atom is -0.485 e. The first-order chi connectivity index (χ1) is 19.1. The van der Waals surface area contributed by atoms with Gasteiger partial charge in [0, 0.05) is 24.2 Å². The largest absolute Gasteiger partial charge is 0.485 e. The third-order valence-corrected chi connectivity index (χ3v) is 8.71. The molecule has 1 saturated heterocycles.